The van der Waals surface area contributed by atoms with Crippen molar-refractivity contribution >= 4 is 45.2 Å². The van der Waals surface area contributed by atoms with E-state index in [0.717, 1.165) is 37.2 Å². The third-order valence-electron chi connectivity index (χ3n) is 15.7. The number of aromatic hydroxyl groups is 1. The fourth-order valence-electron chi connectivity index (χ4n) is 10.1. The quantitative estimate of drug-likeness (QED) is 0.0703. The van der Waals surface area contributed by atoms with Crippen molar-refractivity contribution in [3.8, 4) is 28.7 Å². The molecular formula is C54H71N4O12+. The zero-order chi connectivity index (χ0) is 51.1. The summed E-state index contributed by atoms with van der Waals surface area (Å²) in [6, 6.07) is 5.69. The summed E-state index contributed by atoms with van der Waals surface area (Å²) in [6.07, 6.45) is 5.78. The highest BCUT2D eigenvalue weighted by atomic mass is 16.7. The highest BCUT2D eigenvalue weighted by molar-refractivity contribution is 6.22. The minimum Gasteiger partial charge on any atom is -0.507 e. The number of phenolic OH excluding ortho intramolecular Hbond substituents is 1. The van der Waals surface area contributed by atoms with Crippen molar-refractivity contribution in [3.05, 3.63) is 75.7 Å². The lowest BCUT2D eigenvalue weighted by atomic mass is 9.73. The number of nitrogens with zero attached hydrogens (tertiary/aromatic N) is 3. The Bertz CT molecular complexity index is 2770. The Morgan fingerprint density at radius 1 is 1.01 bits per heavy atom. The van der Waals surface area contributed by atoms with Gasteiger partial charge in [0.15, 0.2) is 11.3 Å². The van der Waals surface area contributed by atoms with Crippen LogP contribution in [0, 0.1) is 36.5 Å². The number of nitrogens with one attached hydrogen (secondary N) is 1. The standard InChI is InChI=1S/C54H70N4O12/c1-28(2)58(12)23-20-57(21-24-58)22-26-66-37-17-18-38-40(27-37)69-51-44(55-38)41-42-47(61)35(9)50-43(41)52(63)54(11,70-50)67-25-19-39(65-13)34(8)49(68-36(10)59)33(7)31(5)32(6)46(60)29(3)15-14-16-30(4)53(64)56-45(51)48(42)62/h14-19,25,27-29,31-34,39,46,49,60H,20-24,26H2,1-13H3,(H-,55,56,61,62,63,64)/p+1/b15-14+,25-19+,30-16-/t29-,31+,32-,33+,34+,39-,46-,49-,54-/m0/s1. The smallest absolute Gasteiger partial charge is 0.312 e. The second-order valence-corrected chi connectivity index (χ2v) is 20.4. The van der Waals surface area contributed by atoms with Gasteiger partial charge in [-0.25, -0.2) is 4.98 Å². The third-order valence-corrected chi connectivity index (χ3v) is 15.7. The lowest BCUT2D eigenvalue weighted by molar-refractivity contribution is -0.933. The van der Waals surface area contributed by atoms with Crippen LogP contribution in [0.15, 0.2) is 63.6 Å². The number of hydrogen-bond acceptors (Lipinski definition) is 14. The summed E-state index contributed by atoms with van der Waals surface area (Å²) < 4.78 is 38.1. The number of aromatic nitrogens is 1. The van der Waals surface area contributed by atoms with Crippen LogP contribution >= 0.6 is 0 Å². The van der Waals surface area contributed by atoms with Crippen LogP contribution in [0.2, 0.25) is 0 Å². The number of anilines is 1. The Morgan fingerprint density at radius 2 is 1.71 bits per heavy atom. The maximum atomic E-state index is 14.9. The first kappa shape index (κ1) is 52.0. The first-order chi connectivity index (χ1) is 33.0. The van der Waals surface area contributed by atoms with E-state index in [2.05, 4.69) is 31.1 Å². The number of esters is 1. The molecule has 9 atom stereocenters. The number of phenols is 1. The van der Waals surface area contributed by atoms with Gasteiger partial charge in [0.05, 0.1) is 55.6 Å². The van der Waals surface area contributed by atoms with Gasteiger partial charge in [-0.2, -0.15) is 0 Å². The lowest BCUT2D eigenvalue weighted by Crippen LogP contribution is -2.60. The van der Waals surface area contributed by atoms with Crippen LogP contribution in [0.1, 0.15) is 85.2 Å². The highest BCUT2D eigenvalue weighted by Crippen LogP contribution is 2.50. The average Bonchev–Trinajstić information content (AvgIpc) is 3.59. The second kappa shape index (κ2) is 20.5. The van der Waals surface area contributed by atoms with Crippen LogP contribution < -0.4 is 20.2 Å². The van der Waals surface area contributed by atoms with Gasteiger partial charge in [-0.1, -0.05) is 52.8 Å². The van der Waals surface area contributed by atoms with E-state index in [0.29, 0.717) is 23.9 Å². The van der Waals surface area contributed by atoms with Crippen molar-refractivity contribution in [3.63, 3.8) is 0 Å². The van der Waals surface area contributed by atoms with E-state index in [4.69, 9.17) is 33.1 Å². The van der Waals surface area contributed by atoms with Gasteiger partial charge in [-0.05, 0) is 63.7 Å². The van der Waals surface area contributed by atoms with Gasteiger partial charge >= 0.3 is 11.8 Å². The average molecular weight is 968 g/mol. The van der Waals surface area contributed by atoms with Crippen molar-refractivity contribution in [2.75, 3.05) is 58.8 Å². The summed E-state index contributed by atoms with van der Waals surface area (Å²) in [7, 11) is 3.81. The van der Waals surface area contributed by atoms with Gasteiger partial charge in [0.1, 0.15) is 46.9 Å². The summed E-state index contributed by atoms with van der Waals surface area (Å²) in [5.74, 6) is -5.38. The monoisotopic (exact) mass is 968 g/mol. The largest absolute Gasteiger partial charge is 0.507 e. The van der Waals surface area contributed by atoms with Crippen molar-refractivity contribution in [2.45, 2.75) is 106 Å². The molecule has 1 saturated heterocycles. The summed E-state index contributed by atoms with van der Waals surface area (Å²) in [4.78, 5) is 63.7. The van der Waals surface area contributed by atoms with Crippen LogP contribution in [0.5, 0.6) is 17.2 Å². The molecular weight excluding hydrogens is 897 g/mol. The highest BCUT2D eigenvalue weighted by Gasteiger charge is 2.50. The van der Waals surface area contributed by atoms with Crippen LogP contribution in [-0.4, -0.2) is 126 Å². The molecule has 3 N–H and O–H groups in total. The molecule has 0 spiro atoms. The number of piperazine rings is 1. The predicted octanol–water partition coefficient (Wildman–Crippen LogP) is 7.77. The van der Waals surface area contributed by atoms with Gasteiger partial charge < -0.3 is 48.1 Å². The SMILES string of the molecule is CO[C@H]1/C=C/O[C@@]2(C)Oc3c(C)c(O)c4c(=O)c(c5oc6cc(OCCN7CC[N+](C)(C(C)C)CC7)ccc6nc-5c4c3C2=O)NC(=O)/C(C)=C\C=C\[C@H](C)[C@H](O)[C@@H](C)[C@@H](C)[C@@H](C)[C@H](OC(C)=O)[C@@H]1C. The molecule has 5 aliphatic rings. The Balaban J connectivity index is 1.34. The molecule has 0 saturated carbocycles. The Labute approximate surface area is 410 Å². The number of ketones is 1. The Kier molecular flexibility index (Phi) is 15.2. The number of aliphatic hydroxyl groups is 1. The molecule has 70 heavy (non-hydrogen) atoms. The van der Waals surface area contributed by atoms with Gasteiger partial charge in [-0.15, -0.1) is 0 Å². The summed E-state index contributed by atoms with van der Waals surface area (Å²) in [5, 5.41) is 25.9. The maximum Gasteiger partial charge on any atom is 0.312 e. The Hall–Kier alpha value is -5.81. The van der Waals surface area contributed by atoms with E-state index < -0.39 is 58.9 Å². The normalized spacial score (nSPS) is 29.7. The number of methoxy groups -OCH3 is 1. The second-order valence-electron chi connectivity index (χ2n) is 20.4. The van der Waals surface area contributed by atoms with Crippen LogP contribution in [0.25, 0.3) is 33.3 Å². The number of aliphatic hydroxyl groups excluding tert-OH is 1. The molecule has 7 rings (SSSR count). The molecule has 4 heterocycles. The Morgan fingerprint density at radius 3 is 2.37 bits per heavy atom. The number of likely N-dealkylation sites (N-methyl/N-ethyl adjacent to an activating group) is 1. The predicted molar refractivity (Wildman–Crippen MR) is 267 cm³/mol. The number of ether oxygens (including phenoxy) is 5. The molecule has 1 aliphatic carbocycles. The molecule has 0 radical (unpaired) electrons. The van der Waals surface area contributed by atoms with Crippen LogP contribution in [0.4, 0.5) is 5.69 Å². The topological polar surface area (TPSA) is 196 Å². The lowest BCUT2D eigenvalue weighted by Gasteiger charge is -2.44. The van der Waals surface area contributed by atoms with E-state index in [1.54, 1.807) is 49.4 Å². The molecule has 4 aliphatic heterocycles. The molecule has 16 heteroatoms. The van der Waals surface area contributed by atoms with Crippen LogP contribution in [-0.2, 0) is 23.8 Å². The van der Waals surface area contributed by atoms with E-state index >= 15 is 0 Å². The first-order valence-corrected chi connectivity index (χ1v) is 24.4. The molecule has 1 fully saturated rings. The summed E-state index contributed by atoms with van der Waals surface area (Å²) in [5.41, 5.74) is -0.294. The zero-order valence-electron chi connectivity index (χ0n) is 42.9. The number of benzene rings is 3. The minimum atomic E-state index is -2.00. The van der Waals surface area contributed by atoms with E-state index in [1.807, 2.05) is 34.6 Å². The summed E-state index contributed by atoms with van der Waals surface area (Å²) >= 11 is 0. The van der Waals surface area contributed by atoms with E-state index in [9.17, 15) is 29.4 Å². The van der Waals surface area contributed by atoms with Crippen molar-refractivity contribution < 1.29 is 57.2 Å². The number of Topliss-reactive ketones (excluding diaryl/α,β-unsaturated/α-hetero) is 1. The first-order valence-electron chi connectivity index (χ1n) is 24.4. The number of amides is 1. The number of carbonyl (C=O) groups excluding carboxylic acids is 3. The number of allylic oxidation sites excluding steroid dienone is 2. The molecule has 0 unspecified atom stereocenters. The number of fused-ring (bicyclic) bond motifs is 2. The number of hydrogen-bond donors (Lipinski definition) is 3. The zero-order valence-corrected chi connectivity index (χ0v) is 42.9. The van der Waals surface area contributed by atoms with Gasteiger partial charge in [0, 0.05) is 75.0 Å². The fraction of sp³-hybridized carbons (Fsp3) is 0.537. The fourth-order valence-corrected chi connectivity index (χ4v) is 10.1. The van der Waals surface area contributed by atoms with E-state index in [-0.39, 0.29) is 79.6 Å². The minimum absolute atomic E-state index is 0.00677. The van der Waals surface area contributed by atoms with Gasteiger partial charge in [0.25, 0.3) is 11.7 Å². The summed E-state index contributed by atoms with van der Waals surface area (Å²) in [6.45, 7) is 25.3. The molecule has 16 nitrogen and oxygen atoms in total. The molecule has 2 aromatic rings. The van der Waals surface area contributed by atoms with E-state index in [1.165, 1.54) is 34.1 Å². The van der Waals surface area contributed by atoms with Crippen molar-refractivity contribution in [1.82, 2.24) is 9.88 Å². The molecule has 2 aromatic carbocycles. The van der Waals surface area contributed by atoms with Gasteiger partial charge in [-0.3, -0.25) is 24.1 Å². The maximum absolute atomic E-state index is 14.9. The molecule has 0 aromatic heterocycles. The van der Waals surface area contributed by atoms with Gasteiger partial charge in [0.2, 0.25) is 5.43 Å². The number of quaternary nitrogens is 1. The van der Waals surface area contributed by atoms with Crippen molar-refractivity contribution in [1.29, 1.82) is 0 Å². The third kappa shape index (κ3) is 9.92. The van der Waals surface area contributed by atoms with Crippen LogP contribution in [0.3, 0.4) is 0 Å². The van der Waals surface area contributed by atoms with Crippen molar-refractivity contribution in [2.24, 2.45) is 29.6 Å². The molecule has 378 valence electrons. The number of carbonyl (C=O) groups is 3. The number of rotatable bonds is 7. The molecule has 1 amide bonds. The molecule has 4 bridgehead atoms.